The maximum Gasteiger partial charge on any atom is -0.0218 e. The molecule has 0 amide bonds. The van der Waals surface area contributed by atoms with Crippen molar-refractivity contribution in [2.45, 2.75) is 86.5 Å². The Morgan fingerprint density at radius 2 is 1.40 bits per heavy atom. The standard InChI is InChI=1S/C20H36/c1-9-13-20(12-4,14-10-2)15-18(8)19(16(5)6)17(7)11-3/h5,7,9-15H2,1-4,6,8H3/b19-18+. The molecule has 0 rings (SSSR count). The Hall–Kier alpha value is -0.780. The van der Waals surface area contributed by atoms with Gasteiger partial charge in [0.05, 0.1) is 0 Å². The summed E-state index contributed by atoms with van der Waals surface area (Å²) >= 11 is 0. The molecular formula is C20H36. The summed E-state index contributed by atoms with van der Waals surface area (Å²) in [5, 5.41) is 0. The van der Waals surface area contributed by atoms with E-state index in [-0.39, 0.29) is 0 Å². The van der Waals surface area contributed by atoms with Crippen LogP contribution in [0.4, 0.5) is 0 Å². The molecule has 0 atom stereocenters. The van der Waals surface area contributed by atoms with Gasteiger partial charge in [0.25, 0.3) is 0 Å². The molecule has 20 heavy (non-hydrogen) atoms. The van der Waals surface area contributed by atoms with Crippen LogP contribution in [0.5, 0.6) is 0 Å². The van der Waals surface area contributed by atoms with Crippen LogP contribution in [0.2, 0.25) is 0 Å². The summed E-state index contributed by atoms with van der Waals surface area (Å²) in [5.41, 5.74) is 5.73. The minimum absolute atomic E-state index is 0.475. The van der Waals surface area contributed by atoms with Crippen molar-refractivity contribution < 1.29 is 0 Å². The Morgan fingerprint density at radius 3 is 1.70 bits per heavy atom. The summed E-state index contributed by atoms with van der Waals surface area (Å²) < 4.78 is 0. The molecule has 0 radical (unpaired) electrons. The highest BCUT2D eigenvalue weighted by Gasteiger charge is 2.27. The van der Waals surface area contributed by atoms with Crippen LogP contribution in [0.15, 0.2) is 35.5 Å². The Balaban J connectivity index is 5.45. The third kappa shape index (κ3) is 5.31. The first-order valence-electron chi connectivity index (χ1n) is 8.41. The third-order valence-electron chi connectivity index (χ3n) is 4.58. The summed E-state index contributed by atoms with van der Waals surface area (Å²) in [6.45, 7) is 22.0. The highest BCUT2D eigenvalue weighted by molar-refractivity contribution is 5.46. The van der Waals surface area contributed by atoms with E-state index in [0.29, 0.717) is 5.41 Å². The van der Waals surface area contributed by atoms with Gasteiger partial charge in [0.15, 0.2) is 0 Å². The quantitative estimate of drug-likeness (QED) is 0.369. The Kier molecular flexibility index (Phi) is 8.85. The molecular weight excluding hydrogens is 240 g/mol. The van der Waals surface area contributed by atoms with Gasteiger partial charge in [0, 0.05) is 0 Å². The first-order chi connectivity index (χ1) is 9.37. The molecule has 0 N–H and O–H groups in total. The fraction of sp³-hybridized carbons (Fsp3) is 0.700. The maximum absolute atomic E-state index is 4.24. The van der Waals surface area contributed by atoms with Gasteiger partial charge < -0.3 is 0 Å². The maximum atomic E-state index is 4.24. The third-order valence-corrected chi connectivity index (χ3v) is 4.58. The van der Waals surface area contributed by atoms with E-state index in [0.717, 1.165) is 6.42 Å². The average Bonchev–Trinajstić information content (AvgIpc) is 2.38. The number of hydrogen-bond donors (Lipinski definition) is 0. The Labute approximate surface area is 128 Å². The molecule has 116 valence electrons. The zero-order valence-electron chi connectivity index (χ0n) is 14.9. The van der Waals surface area contributed by atoms with Gasteiger partial charge in [0.2, 0.25) is 0 Å². The second-order valence-corrected chi connectivity index (χ2v) is 6.42. The monoisotopic (exact) mass is 276 g/mol. The van der Waals surface area contributed by atoms with Crippen molar-refractivity contribution in [2.75, 3.05) is 0 Å². The molecule has 0 nitrogen and oxygen atoms in total. The van der Waals surface area contributed by atoms with Crippen molar-refractivity contribution in [3.8, 4) is 0 Å². The summed E-state index contributed by atoms with van der Waals surface area (Å²) in [7, 11) is 0. The Bertz CT molecular complexity index is 348. The van der Waals surface area contributed by atoms with Crippen LogP contribution in [0.3, 0.4) is 0 Å². The molecule has 0 aliphatic heterocycles. The predicted octanol–water partition coefficient (Wildman–Crippen LogP) is 7.23. The lowest BCUT2D eigenvalue weighted by Gasteiger charge is -2.34. The molecule has 0 fully saturated rings. The molecule has 0 aromatic heterocycles. The van der Waals surface area contributed by atoms with Crippen molar-refractivity contribution >= 4 is 0 Å². The fourth-order valence-corrected chi connectivity index (χ4v) is 3.64. The van der Waals surface area contributed by atoms with Gasteiger partial charge in [0.1, 0.15) is 0 Å². The number of rotatable bonds is 10. The number of allylic oxidation sites excluding steroid dienone is 4. The van der Waals surface area contributed by atoms with Crippen LogP contribution < -0.4 is 0 Å². The van der Waals surface area contributed by atoms with Crippen molar-refractivity contribution in [1.82, 2.24) is 0 Å². The molecule has 0 unspecified atom stereocenters. The molecule has 0 saturated carbocycles. The van der Waals surface area contributed by atoms with Gasteiger partial charge in [-0.1, -0.05) is 71.3 Å². The fourth-order valence-electron chi connectivity index (χ4n) is 3.64. The van der Waals surface area contributed by atoms with E-state index in [9.17, 15) is 0 Å². The van der Waals surface area contributed by atoms with Crippen LogP contribution >= 0.6 is 0 Å². The smallest absolute Gasteiger partial charge is 0.0218 e. The van der Waals surface area contributed by atoms with Crippen LogP contribution in [-0.4, -0.2) is 0 Å². The van der Waals surface area contributed by atoms with Crippen molar-refractivity contribution in [3.05, 3.63) is 35.5 Å². The average molecular weight is 277 g/mol. The van der Waals surface area contributed by atoms with Gasteiger partial charge in [-0.05, 0) is 56.1 Å². The summed E-state index contributed by atoms with van der Waals surface area (Å²) in [4.78, 5) is 0. The van der Waals surface area contributed by atoms with Crippen LogP contribution in [0, 0.1) is 5.41 Å². The molecule has 0 heterocycles. The normalized spacial score (nSPS) is 13.1. The lowest BCUT2D eigenvalue weighted by atomic mass is 9.71. The zero-order valence-corrected chi connectivity index (χ0v) is 14.9. The predicted molar refractivity (Wildman–Crippen MR) is 94.1 cm³/mol. The van der Waals surface area contributed by atoms with Gasteiger partial charge in [-0.15, -0.1) is 0 Å². The molecule has 0 aromatic carbocycles. The van der Waals surface area contributed by atoms with Gasteiger partial charge >= 0.3 is 0 Å². The number of hydrogen-bond acceptors (Lipinski definition) is 0. The lowest BCUT2D eigenvalue weighted by Crippen LogP contribution is -2.20. The summed E-state index contributed by atoms with van der Waals surface area (Å²) in [6, 6.07) is 0. The Morgan fingerprint density at radius 1 is 0.900 bits per heavy atom. The van der Waals surface area contributed by atoms with E-state index in [1.807, 2.05) is 0 Å². The summed E-state index contributed by atoms with van der Waals surface area (Å²) in [5.74, 6) is 0. The second kappa shape index (κ2) is 9.21. The van der Waals surface area contributed by atoms with Crippen molar-refractivity contribution in [3.63, 3.8) is 0 Å². The topological polar surface area (TPSA) is 0 Å². The zero-order chi connectivity index (χ0) is 15.8. The highest BCUT2D eigenvalue weighted by Crippen LogP contribution is 2.41. The van der Waals surface area contributed by atoms with Crippen molar-refractivity contribution in [1.29, 1.82) is 0 Å². The minimum atomic E-state index is 0.475. The van der Waals surface area contributed by atoms with E-state index < -0.39 is 0 Å². The summed E-state index contributed by atoms with van der Waals surface area (Å²) in [6.07, 6.45) is 8.70. The first-order valence-corrected chi connectivity index (χ1v) is 8.41. The van der Waals surface area contributed by atoms with Gasteiger partial charge in [-0.25, -0.2) is 0 Å². The lowest BCUT2D eigenvalue weighted by molar-refractivity contribution is 0.221. The second-order valence-electron chi connectivity index (χ2n) is 6.42. The van der Waals surface area contributed by atoms with E-state index in [2.05, 4.69) is 54.7 Å². The van der Waals surface area contributed by atoms with Crippen LogP contribution in [0.25, 0.3) is 0 Å². The largest absolute Gasteiger partial charge is 0.0955 e. The van der Waals surface area contributed by atoms with Gasteiger partial charge in [-0.3, -0.25) is 0 Å². The molecule has 0 aromatic rings. The SMILES string of the molecule is C=C(C)/C(C(=C)CC)=C(/C)CC(CC)(CCC)CCC. The molecule has 0 aliphatic rings. The van der Waals surface area contributed by atoms with Crippen LogP contribution in [-0.2, 0) is 0 Å². The molecule has 0 bridgehead atoms. The minimum Gasteiger partial charge on any atom is -0.0955 e. The van der Waals surface area contributed by atoms with E-state index >= 15 is 0 Å². The molecule has 0 heteroatoms. The van der Waals surface area contributed by atoms with E-state index in [4.69, 9.17) is 0 Å². The highest BCUT2D eigenvalue weighted by atomic mass is 14.3. The molecule has 0 aliphatic carbocycles. The first kappa shape index (κ1) is 19.2. The van der Waals surface area contributed by atoms with Crippen molar-refractivity contribution in [2.24, 2.45) is 5.41 Å². The van der Waals surface area contributed by atoms with E-state index in [1.165, 1.54) is 60.8 Å². The van der Waals surface area contributed by atoms with Crippen LogP contribution in [0.1, 0.15) is 86.5 Å². The van der Waals surface area contributed by atoms with Gasteiger partial charge in [-0.2, -0.15) is 0 Å². The molecule has 0 spiro atoms. The van der Waals surface area contributed by atoms with E-state index in [1.54, 1.807) is 0 Å². The molecule has 0 saturated heterocycles.